The van der Waals surface area contributed by atoms with Gasteiger partial charge in [-0.2, -0.15) is 0 Å². The van der Waals surface area contributed by atoms with Crippen molar-refractivity contribution in [3.8, 4) is 0 Å². The van der Waals surface area contributed by atoms with Crippen molar-refractivity contribution in [3.63, 3.8) is 0 Å². The zero-order valence-electron chi connectivity index (χ0n) is 5.17. The van der Waals surface area contributed by atoms with Gasteiger partial charge in [0.15, 0.2) is 0 Å². The average Bonchev–Trinajstić information content (AvgIpc) is 1.89. The minimum absolute atomic E-state index is 0.148. The lowest BCUT2D eigenvalue weighted by molar-refractivity contribution is 0.857. The summed E-state index contributed by atoms with van der Waals surface area (Å²) in [5.41, 5.74) is 5.98. The van der Waals surface area contributed by atoms with Crippen molar-refractivity contribution >= 4 is 5.71 Å². The number of nitrogens with one attached hydrogen (secondary N) is 1. The first-order valence-corrected chi connectivity index (χ1v) is 2.98. The molecule has 2 heteroatoms. The van der Waals surface area contributed by atoms with Crippen LogP contribution in [0.15, 0.2) is 24.3 Å². The number of nitrogens with two attached hydrogens (primary N) is 1. The van der Waals surface area contributed by atoms with Crippen LogP contribution < -0.4 is 5.73 Å². The monoisotopic (exact) mass is 122 g/mol. The molecule has 0 aromatic carbocycles. The molecule has 0 bridgehead atoms. The predicted molar refractivity (Wildman–Crippen MR) is 38.6 cm³/mol. The molecule has 0 amide bonds. The highest BCUT2D eigenvalue weighted by atomic mass is 14.6. The highest BCUT2D eigenvalue weighted by Gasteiger charge is 2.07. The van der Waals surface area contributed by atoms with E-state index in [1.54, 1.807) is 6.08 Å². The van der Waals surface area contributed by atoms with Gasteiger partial charge in [0.25, 0.3) is 0 Å². The van der Waals surface area contributed by atoms with Crippen molar-refractivity contribution in [1.82, 2.24) is 0 Å². The minimum atomic E-state index is 0.148. The molecule has 9 heavy (non-hydrogen) atoms. The summed E-state index contributed by atoms with van der Waals surface area (Å²) < 4.78 is 0. The Morgan fingerprint density at radius 2 is 2.33 bits per heavy atom. The Hall–Kier alpha value is -0.890. The van der Waals surface area contributed by atoms with Crippen molar-refractivity contribution in [3.05, 3.63) is 24.3 Å². The average molecular weight is 122 g/mol. The zero-order chi connectivity index (χ0) is 6.69. The third-order valence-corrected chi connectivity index (χ3v) is 1.38. The summed E-state index contributed by atoms with van der Waals surface area (Å²) in [6.07, 6.45) is 7.50. The molecule has 1 atom stereocenters. The van der Waals surface area contributed by atoms with Gasteiger partial charge >= 0.3 is 0 Å². The minimum Gasteiger partial charge on any atom is -0.329 e. The lowest BCUT2D eigenvalue weighted by Gasteiger charge is -2.09. The highest BCUT2D eigenvalue weighted by Crippen LogP contribution is 2.04. The highest BCUT2D eigenvalue weighted by molar-refractivity contribution is 5.96. The normalized spacial score (nSPS) is 25.0. The first-order valence-electron chi connectivity index (χ1n) is 2.98. The smallest absolute Gasteiger partial charge is 0.0395 e. The Labute approximate surface area is 54.6 Å². The maximum Gasteiger partial charge on any atom is 0.0395 e. The molecule has 0 saturated carbocycles. The van der Waals surface area contributed by atoms with Crippen LogP contribution in [-0.4, -0.2) is 12.3 Å². The van der Waals surface area contributed by atoms with Gasteiger partial charge in [-0.1, -0.05) is 18.2 Å². The standard InChI is InChI=1S/C7H10N2/c8-5-6-3-1-2-4-7(6)9/h1-4,6,9H,5,8H2. The molecule has 3 N–H and O–H groups in total. The van der Waals surface area contributed by atoms with Crippen molar-refractivity contribution in [1.29, 1.82) is 5.41 Å². The van der Waals surface area contributed by atoms with E-state index in [4.69, 9.17) is 11.1 Å². The topological polar surface area (TPSA) is 49.9 Å². The Balaban J connectivity index is 2.66. The fourth-order valence-electron chi connectivity index (χ4n) is 0.790. The van der Waals surface area contributed by atoms with Crippen LogP contribution in [0.1, 0.15) is 0 Å². The van der Waals surface area contributed by atoms with Crippen molar-refractivity contribution < 1.29 is 0 Å². The van der Waals surface area contributed by atoms with E-state index in [0.29, 0.717) is 12.3 Å². The van der Waals surface area contributed by atoms with E-state index in [-0.39, 0.29) is 5.92 Å². The van der Waals surface area contributed by atoms with Crippen molar-refractivity contribution in [2.75, 3.05) is 6.54 Å². The lowest BCUT2D eigenvalue weighted by Crippen LogP contribution is -2.20. The summed E-state index contributed by atoms with van der Waals surface area (Å²) in [4.78, 5) is 0. The Bertz CT molecular complexity index is 168. The second kappa shape index (κ2) is 2.60. The van der Waals surface area contributed by atoms with Crippen LogP contribution in [0.25, 0.3) is 0 Å². The predicted octanol–water partition coefficient (Wildman–Crippen LogP) is 0.707. The van der Waals surface area contributed by atoms with Crippen LogP contribution in [-0.2, 0) is 0 Å². The van der Waals surface area contributed by atoms with E-state index in [0.717, 1.165) is 0 Å². The fourth-order valence-corrected chi connectivity index (χ4v) is 0.790. The van der Waals surface area contributed by atoms with E-state index < -0.39 is 0 Å². The molecule has 0 spiro atoms. The molecule has 1 aliphatic carbocycles. The summed E-state index contributed by atoms with van der Waals surface area (Å²) >= 11 is 0. The van der Waals surface area contributed by atoms with E-state index >= 15 is 0 Å². The maximum absolute atomic E-state index is 7.33. The van der Waals surface area contributed by atoms with Gasteiger partial charge in [-0.05, 0) is 6.08 Å². The van der Waals surface area contributed by atoms with Gasteiger partial charge in [0, 0.05) is 18.2 Å². The third kappa shape index (κ3) is 1.27. The van der Waals surface area contributed by atoms with Crippen LogP contribution in [0, 0.1) is 11.3 Å². The van der Waals surface area contributed by atoms with Crippen molar-refractivity contribution in [2.24, 2.45) is 11.7 Å². The van der Waals surface area contributed by atoms with Gasteiger partial charge in [0.1, 0.15) is 0 Å². The van der Waals surface area contributed by atoms with Gasteiger partial charge in [0.05, 0.1) is 0 Å². The van der Waals surface area contributed by atoms with Gasteiger partial charge in [0.2, 0.25) is 0 Å². The molecule has 0 heterocycles. The Kier molecular flexibility index (Phi) is 1.80. The van der Waals surface area contributed by atoms with E-state index in [1.165, 1.54) is 0 Å². The summed E-state index contributed by atoms with van der Waals surface area (Å²) in [7, 11) is 0. The van der Waals surface area contributed by atoms with Crippen molar-refractivity contribution in [2.45, 2.75) is 0 Å². The lowest BCUT2D eigenvalue weighted by atomic mass is 9.99. The molecule has 0 aromatic heterocycles. The Morgan fingerprint density at radius 3 is 2.78 bits per heavy atom. The molecular weight excluding hydrogens is 112 g/mol. The first-order chi connectivity index (χ1) is 4.34. The molecule has 48 valence electrons. The summed E-state index contributed by atoms with van der Waals surface area (Å²) in [6, 6.07) is 0. The van der Waals surface area contributed by atoms with E-state index in [2.05, 4.69) is 0 Å². The molecular formula is C7H10N2. The number of rotatable bonds is 1. The molecule has 0 saturated heterocycles. The molecule has 0 fully saturated rings. The van der Waals surface area contributed by atoms with Gasteiger partial charge in [-0.3, -0.25) is 0 Å². The third-order valence-electron chi connectivity index (χ3n) is 1.38. The number of allylic oxidation sites excluding steroid dienone is 3. The van der Waals surface area contributed by atoms with Crippen LogP contribution in [0.4, 0.5) is 0 Å². The second-order valence-electron chi connectivity index (χ2n) is 2.04. The van der Waals surface area contributed by atoms with Crippen LogP contribution in [0.5, 0.6) is 0 Å². The molecule has 1 unspecified atom stereocenters. The van der Waals surface area contributed by atoms with Crippen LogP contribution >= 0.6 is 0 Å². The SMILES string of the molecule is N=C1C=CC=CC1CN. The van der Waals surface area contributed by atoms with Gasteiger partial charge in [-0.25, -0.2) is 0 Å². The van der Waals surface area contributed by atoms with E-state index in [9.17, 15) is 0 Å². The largest absolute Gasteiger partial charge is 0.329 e. The number of hydrogen-bond acceptors (Lipinski definition) is 2. The molecule has 2 nitrogen and oxygen atoms in total. The molecule has 1 aliphatic rings. The van der Waals surface area contributed by atoms with Crippen LogP contribution in [0.2, 0.25) is 0 Å². The van der Waals surface area contributed by atoms with Gasteiger partial charge < -0.3 is 11.1 Å². The second-order valence-corrected chi connectivity index (χ2v) is 2.04. The number of hydrogen-bond donors (Lipinski definition) is 2. The molecule has 1 rings (SSSR count). The maximum atomic E-state index is 7.33. The van der Waals surface area contributed by atoms with Crippen LogP contribution in [0.3, 0.4) is 0 Å². The van der Waals surface area contributed by atoms with E-state index in [1.807, 2.05) is 18.2 Å². The summed E-state index contributed by atoms with van der Waals surface area (Å²) in [5.74, 6) is 0.148. The Morgan fingerprint density at radius 1 is 1.56 bits per heavy atom. The summed E-state index contributed by atoms with van der Waals surface area (Å²) in [6.45, 7) is 0.541. The summed E-state index contributed by atoms with van der Waals surface area (Å²) in [5, 5.41) is 7.33. The first kappa shape index (κ1) is 6.23. The fraction of sp³-hybridized carbons (Fsp3) is 0.286. The molecule has 0 radical (unpaired) electrons. The van der Waals surface area contributed by atoms with Gasteiger partial charge in [-0.15, -0.1) is 0 Å². The molecule has 0 aliphatic heterocycles. The molecule has 0 aromatic rings. The zero-order valence-corrected chi connectivity index (χ0v) is 5.17. The quantitative estimate of drug-likeness (QED) is 0.528.